The second-order valence-corrected chi connectivity index (χ2v) is 7.51. The molecule has 3 rings (SSSR count). The van der Waals surface area contributed by atoms with Crippen LogP contribution in [0.2, 0.25) is 0 Å². The highest BCUT2D eigenvalue weighted by Crippen LogP contribution is 2.31. The number of aromatic hydroxyl groups is 1. The normalized spacial score (nSPS) is 11.6. The van der Waals surface area contributed by atoms with Gasteiger partial charge in [0, 0.05) is 23.3 Å². The molecule has 5 N–H and O–H groups in total. The standard InChI is InChI=1S/C19H20N2O4S/c20-15-6-5-13-3-4-14(19(22)18(13)12-15)2-1-11-21-16-7-9-17(10-8-16)26(23,24)25/h3-10,12,21-22H,1-2,11,20H2,(H,23,24,25). The van der Waals surface area contributed by atoms with Gasteiger partial charge < -0.3 is 16.2 Å². The van der Waals surface area contributed by atoms with Gasteiger partial charge in [0.1, 0.15) is 5.75 Å². The zero-order valence-corrected chi connectivity index (χ0v) is 14.8. The zero-order chi connectivity index (χ0) is 18.7. The van der Waals surface area contributed by atoms with Gasteiger partial charge >= 0.3 is 0 Å². The van der Waals surface area contributed by atoms with E-state index in [1.807, 2.05) is 18.2 Å². The van der Waals surface area contributed by atoms with Gasteiger partial charge in [0.05, 0.1) is 4.90 Å². The highest BCUT2D eigenvalue weighted by molar-refractivity contribution is 7.85. The summed E-state index contributed by atoms with van der Waals surface area (Å²) < 4.78 is 31.0. The van der Waals surface area contributed by atoms with Crippen LogP contribution in [0.4, 0.5) is 11.4 Å². The lowest BCUT2D eigenvalue weighted by molar-refractivity contribution is 0.474. The minimum Gasteiger partial charge on any atom is -0.507 e. The van der Waals surface area contributed by atoms with Gasteiger partial charge in [-0.2, -0.15) is 8.42 Å². The molecule has 0 aliphatic rings. The van der Waals surface area contributed by atoms with E-state index in [0.717, 1.165) is 28.4 Å². The van der Waals surface area contributed by atoms with Crippen molar-refractivity contribution in [3.05, 3.63) is 60.2 Å². The molecule has 6 nitrogen and oxygen atoms in total. The summed E-state index contributed by atoms with van der Waals surface area (Å²) in [6.45, 7) is 0.652. The number of nitrogens with one attached hydrogen (secondary N) is 1. The minimum atomic E-state index is -4.17. The van der Waals surface area contributed by atoms with E-state index in [4.69, 9.17) is 10.3 Å². The van der Waals surface area contributed by atoms with E-state index in [1.54, 1.807) is 24.3 Å². The Kier molecular flexibility index (Phi) is 5.01. The lowest BCUT2D eigenvalue weighted by Crippen LogP contribution is -2.04. The lowest BCUT2D eigenvalue weighted by Gasteiger charge is -2.10. The van der Waals surface area contributed by atoms with Crippen LogP contribution < -0.4 is 11.1 Å². The molecule has 26 heavy (non-hydrogen) atoms. The van der Waals surface area contributed by atoms with Gasteiger partial charge in [0.15, 0.2) is 0 Å². The van der Waals surface area contributed by atoms with Crippen molar-refractivity contribution in [3.8, 4) is 5.75 Å². The van der Waals surface area contributed by atoms with E-state index >= 15 is 0 Å². The van der Waals surface area contributed by atoms with E-state index in [2.05, 4.69) is 5.32 Å². The van der Waals surface area contributed by atoms with E-state index in [0.29, 0.717) is 18.7 Å². The fourth-order valence-electron chi connectivity index (χ4n) is 2.82. The fraction of sp³-hybridized carbons (Fsp3) is 0.158. The summed E-state index contributed by atoms with van der Waals surface area (Å²) in [5, 5.41) is 15.3. The molecule has 0 unspecified atom stereocenters. The van der Waals surface area contributed by atoms with E-state index in [1.165, 1.54) is 12.1 Å². The summed E-state index contributed by atoms with van der Waals surface area (Å²) in [6, 6.07) is 15.2. The quantitative estimate of drug-likeness (QED) is 0.300. The summed E-state index contributed by atoms with van der Waals surface area (Å²) in [6.07, 6.45) is 1.47. The molecule has 136 valence electrons. The molecular formula is C19H20N2O4S. The maximum atomic E-state index is 11.0. The highest BCUT2D eigenvalue weighted by atomic mass is 32.2. The average molecular weight is 372 g/mol. The minimum absolute atomic E-state index is 0.136. The first-order valence-electron chi connectivity index (χ1n) is 8.16. The number of phenols is 1. The van der Waals surface area contributed by atoms with Gasteiger partial charge in [0.25, 0.3) is 10.1 Å². The molecule has 0 heterocycles. The fourth-order valence-corrected chi connectivity index (χ4v) is 3.30. The highest BCUT2D eigenvalue weighted by Gasteiger charge is 2.09. The predicted octanol–water partition coefficient (Wildman–Crippen LogP) is 3.42. The molecule has 0 saturated carbocycles. The summed E-state index contributed by atoms with van der Waals surface area (Å²) in [4.78, 5) is -0.136. The zero-order valence-electron chi connectivity index (χ0n) is 14.0. The van der Waals surface area contributed by atoms with Crippen LogP contribution in [0.1, 0.15) is 12.0 Å². The van der Waals surface area contributed by atoms with Crippen LogP contribution in [-0.2, 0) is 16.5 Å². The Hall–Kier alpha value is -2.77. The molecule has 0 amide bonds. The molecule has 0 aliphatic carbocycles. The smallest absolute Gasteiger partial charge is 0.294 e. The molecule has 7 heteroatoms. The van der Waals surface area contributed by atoms with Crippen LogP contribution in [-0.4, -0.2) is 24.6 Å². The van der Waals surface area contributed by atoms with Crippen LogP contribution >= 0.6 is 0 Å². The first kappa shape index (κ1) is 18.0. The van der Waals surface area contributed by atoms with Gasteiger partial charge in [-0.3, -0.25) is 4.55 Å². The van der Waals surface area contributed by atoms with E-state index in [9.17, 15) is 13.5 Å². The van der Waals surface area contributed by atoms with Gasteiger partial charge in [-0.05, 0) is 60.2 Å². The Labute approximate surface area is 152 Å². The number of aryl methyl sites for hydroxylation is 1. The van der Waals surface area contributed by atoms with Crippen molar-refractivity contribution in [2.24, 2.45) is 0 Å². The van der Waals surface area contributed by atoms with Crippen molar-refractivity contribution in [2.75, 3.05) is 17.6 Å². The Morgan fingerprint density at radius 3 is 2.38 bits per heavy atom. The molecule has 0 aromatic heterocycles. The van der Waals surface area contributed by atoms with Gasteiger partial charge in [-0.15, -0.1) is 0 Å². The molecule has 0 atom stereocenters. The molecule has 0 aliphatic heterocycles. The molecule has 0 bridgehead atoms. The third-order valence-electron chi connectivity index (χ3n) is 4.20. The van der Waals surface area contributed by atoms with Gasteiger partial charge in [-0.1, -0.05) is 18.2 Å². The van der Waals surface area contributed by atoms with E-state index in [-0.39, 0.29) is 10.6 Å². The summed E-state index contributed by atoms with van der Waals surface area (Å²) in [5.41, 5.74) is 8.01. The molecule has 0 radical (unpaired) electrons. The van der Waals surface area contributed by atoms with Crippen LogP contribution in [0.25, 0.3) is 10.8 Å². The summed E-state index contributed by atoms with van der Waals surface area (Å²) in [5.74, 6) is 0.257. The van der Waals surface area contributed by atoms with Crippen LogP contribution in [0, 0.1) is 0 Å². The van der Waals surface area contributed by atoms with Crippen LogP contribution in [0.3, 0.4) is 0 Å². The van der Waals surface area contributed by atoms with E-state index < -0.39 is 10.1 Å². The van der Waals surface area contributed by atoms with Gasteiger partial charge in [-0.25, -0.2) is 0 Å². The lowest BCUT2D eigenvalue weighted by atomic mass is 10.0. The first-order valence-corrected chi connectivity index (χ1v) is 9.60. The number of phenolic OH excluding ortho intramolecular Hbond substituents is 1. The average Bonchev–Trinajstić information content (AvgIpc) is 2.60. The molecular weight excluding hydrogens is 352 g/mol. The molecule has 3 aromatic rings. The third kappa shape index (κ3) is 4.07. The molecule has 0 spiro atoms. The second-order valence-electron chi connectivity index (χ2n) is 6.08. The number of hydrogen-bond donors (Lipinski definition) is 4. The predicted molar refractivity (Wildman–Crippen MR) is 103 cm³/mol. The number of rotatable bonds is 6. The second kappa shape index (κ2) is 7.23. The van der Waals surface area contributed by atoms with Crippen molar-refractivity contribution >= 4 is 32.3 Å². The van der Waals surface area contributed by atoms with Crippen molar-refractivity contribution in [3.63, 3.8) is 0 Å². The first-order chi connectivity index (χ1) is 12.3. The Bertz CT molecular complexity index is 1030. The Balaban J connectivity index is 1.60. The molecule has 0 saturated heterocycles. The maximum Gasteiger partial charge on any atom is 0.294 e. The third-order valence-corrected chi connectivity index (χ3v) is 5.07. The van der Waals surface area contributed by atoms with Crippen LogP contribution in [0.15, 0.2) is 59.5 Å². The Morgan fingerprint density at radius 1 is 1.00 bits per heavy atom. The number of benzene rings is 3. The Morgan fingerprint density at radius 2 is 1.69 bits per heavy atom. The number of nitrogen functional groups attached to an aromatic ring is 1. The van der Waals surface area contributed by atoms with Crippen LogP contribution in [0.5, 0.6) is 5.75 Å². The maximum absolute atomic E-state index is 11.0. The number of hydrogen-bond acceptors (Lipinski definition) is 5. The summed E-state index contributed by atoms with van der Waals surface area (Å²) in [7, 11) is -4.17. The molecule has 3 aromatic carbocycles. The largest absolute Gasteiger partial charge is 0.507 e. The van der Waals surface area contributed by atoms with Crippen molar-refractivity contribution in [1.82, 2.24) is 0 Å². The van der Waals surface area contributed by atoms with Gasteiger partial charge in [0.2, 0.25) is 0 Å². The van der Waals surface area contributed by atoms with Crippen molar-refractivity contribution in [2.45, 2.75) is 17.7 Å². The topological polar surface area (TPSA) is 113 Å². The number of nitrogens with two attached hydrogens (primary N) is 1. The van der Waals surface area contributed by atoms with Crippen molar-refractivity contribution < 1.29 is 18.1 Å². The SMILES string of the molecule is Nc1ccc2ccc(CCCNc3ccc(S(=O)(=O)O)cc3)c(O)c2c1. The summed E-state index contributed by atoms with van der Waals surface area (Å²) >= 11 is 0. The monoisotopic (exact) mass is 372 g/mol. The van der Waals surface area contributed by atoms with Crippen molar-refractivity contribution in [1.29, 1.82) is 0 Å². The molecule has 0 fully saturated rings. The number of fused-ring (bicyclic) bond motifs is 1. The number of anilines is 2.